The molecule has 110 valence electrons. The van der Waals surface area contributed by atoms with Crippen LogP contribution in [0, 0.1) is 11.6 Å². The number of furan rings is 1. The van der Waals surface area contributed by atoms with Crippen LogP contribution in [0.15, 0.2) is 41.0 Å². The van der Waals surface area contributed by atoms with Gasteiger partial charge in [-0.15, -0.1) is 0 Å². The molecule has 0 bridgehead atoms. The molecule has 1 aromatic heterocycles. The Hall–Kier alpha value is -2.70. The first-order valence-electron chi connectivity index (χ1n) is 5.97. The molecule has 0 unspecified atom stereocenters. The van der Waals surface area contributed by atoms with Crippen molar-refractivity contribution in [3.8, 4) is 0 Å². The van der Waals surface area contributed by atoms with Crippen molar-refractivity contribution >= 4 is 11.9 Å². The van der Waals surface area contributed by atoms with Gasteiger partial charge in [-0.2, -0.15) is 0 Å². The van der Waals surface area contributed by atoms with Crippen molar-refractivity contribution in [2.45, 2.75) is 6.54 Å². The maximum atomic E-state index is 13.3. The monoisotopic (exact) mass is 295 g/mol. The topological polar surface area (TPSA) is 68.5 Å². The SMILES string of the molecule is O=C(COC(=O)c1ccc(F)cc1F)NCc1ccco1. The molecule has 2 aromatic rings. The van der Waals surface area contributed by atoms with Crippen LogP contribution in [-0.4, -0.2) is 18.5 Å². The van der Waals surface area contributed by atoms with Gasteiger partial charge >= 0.3 is 5.97 Å². The summed E-state index contributed by atoms with van der Waals surface area (Å²) in [4.78, 5) is 23.0. The summed E-state index contributed by atoms with van der Waals surface area (Å²) in [7, 11) is 0. The van der Waals surface area contributed by atoms with Gasteiger partial charge in [0.1, 0.15) is 17.4 Å². The average molecular weight is 295 g/mol. The van der Waals surface area contributed by atoms with E-state index in [0.29, 0.717) is 11.8 Å². The lowest BCUT2D eigenvalue weighted by atomic mass is 10.2. The molecule has 1 amide bonds. The van der Waals surface area contributed by atoms with Crippen molar-refractivity contribution in [1.82, 2.24) is 5.32 Å². The number of hydrogen-bond acceptors (Lipinski definition) is 4. The molecular weight excluding hydrogens is 284 g/mol. The van der Waals surface area contributed by atoms with E-state index in [1.54, 1.807) is 12.1 Å². The van der Waals surface area contributed by atoms with Gasteiger partial charge in [0.25, 0.3) is 5.91 Å². The van der Waals surface area contributed by atoms with Crippen LogP contribution in [-0.2, 0) is 16.1 Å². The van der Waals surface area contributed by atoms with Crippen LogP contribution in [0.5, 0.6) is 0 Å². The summed E-state index contributed by atoms with van der Waals surface area (Å²) in [6, 6.07) is 5.77. The minimum atomic E-state index is -1.05. The van der Waals surface area contributed by atoms with E-state index < -0.39 is 35.7 Å². The van der Waals surface area contributed by atoms with Crippen molar-refractivity contribution in [1.29, 1.82) is 0 Å². The van der Waals surface area contributed by atoms with Gasteiger partial charge < -0.3 is 14.5 Å². The van der Waals surface area contributed by atoms with Crippen molar-refractivity contribution in [3.63, 3.8) is 0 Å². The molecule has 2 rings (SSSR count). The van der Waals surface area contributed by atoms with Crippen LogP contribution in [0.3, 0.4) is 0 Å². The van der Waals surface area contributed by atoms with Crippen LogP contribution in [0.2, 0.25) is 0 Å². The fourth-order valence-electron chi connectivity index (χ4n) is 1.51. The molecule has 0 aliphatic rings. The third kappa shape index (κ3) is 4.13. The number of esters is 1. The van der Waals surface area contributed by atoms with Gasteiger partial charge in [-0.3, -0.25) is 4.79 Å². The van der Waals surface area contributed by atoms with Gasteiger partial charge in [-0.1, -0.05) is 0 Å². The highest BCUT2D eigenvalue weighted by atomic mass is 19.1. The van der Waals surface area contributed by atoms with Gasteiger partial charge in [0.2, 0.25) is 0 Å². The van der Waals surface area contributed by atoms with Crippen molar-refractivity contribution < 1.29 is 27.5 Å². The summed E-state index contributed by atoms with van der Waals surface area (Å²) < 4.78 is 35.6. The molecule has 0 fully saturated rings. The summed E-state index contributed by atoms with van der Waals surface area (Å²) in [5.41, 5.74) is -0.435. The van der Waals surface area contributed by atoms with Crippen LogP contribution >= 0.6 is 0 Å². The van der Waals surface area contributed by atoms with Crippen LogP contribution in [0.1, 0.15) is 16.1 Å². The fourth-order valence-corrected chi connectivity index (χ4v) is 1.51. The lowest BCUT2D eigenvalue weighted by Crippen LogP contribution is -2.28. The van der Waals surface area contributed by atoms with Crippen LogP contribution in [0.25, 0.3) is 0 Å². The second-order valence-electron chi connectivity index (χ2n) is 4.06. The molecule has 1 heterocycles. The zero-order valence-corrected chi connectivity index (χ0v) is 10.8. The maximum Gasteiger partial charge on any atom is 0.341 e. The highest BCUT2D eigenvalue weighted by Gasteiger charge is 2.15. The Bertz CT molecular complexity index is 640. The van der Waals surface area contributed by atoms with Crippen molar-refractivity contribution in [3.05, 3.63) is 59.6 Å². The molecule has 21 heavy (non-hydrogen) atoms. The number of benzene rings is 1. The number of ether oxygens (including phenoxy) is 1. The van der Waals surface area contributed by atoms with Crippen molar-refractivity contribution in [2.75, 3.05) is 6.61 Å². The molecule has 0 atom stereocenters. The van der Waals surface area contributed by atoms with E-state index >= 15 is 0 Å². The van der Waals surface area contributed by atoms with Gasteiger partial charge in [0.15, 0.2) is 6.61 Å². The zero-order chi connectivity index (χ0) is 15.2. The Balaban J connectivity index is 1.81. The first-order valence-corrected chi connectivity index (χ1v) is 5.97. The summed E-state index contributed by atoms with van der Waals surface area (Å²) in [5.74, 6) is -2.92. The summed E-state index contributed by atoms with van der Waals surface area (Å²) in [6.07, 6.45) is 1.46. The van der Waals surface area contributed by atoms with E-state index in [2.05, 4.69) is 10.1 Å². The molecule has 0 radical (unpaired) electrons. The number of carbonyl (C=O) groups excluding carboxylic acids is 2. The molecule has 0 saturated carbocycles. The van der Waals surface area contributed by atoms with E-state index in [0.717, 1.165) is 12.1 Å². The van der Waals surface area contributed by atoms with Gasteiger partial charge in [-0.25, -0.2) is 13.6 Å². The lowest BCUT2D eigenvalue weighted by Gasteiger charge is -2.06. The molecule has 0 aliphatic heterocycles. The molecule has 1 N–H and O–H groups in total. The van der Waals surface area contributed by atoms with Crippen molar-refractivity contribution in [2.24, 2.45) is 0 Å². The number of rotatable bonds is 5. The summed E-state index contributed by atoms with van der Waals surface area (Å²) >= 11 is 0. The molecular formula is C14H11F2NO4. The number of amides is 1. The maximum absolute atomic E-state index is 13.3. The normalized spacial score (nSPS) is 10.2. The Kier molecular flexibility index (Phi) is 4.65. The first kappa shape index (κ1) is 14.7. The Labute approximate surface area is 118 Å². The first-order chi connectivity index (χ1) is 10.1. The highest BCUT2D eigenvalue weighted by molar-refractivity contribution is 5.91. The van der Waals surface area contributed by atoms with E-state index in [9.17, 15) is 18.4 Å². The molecule has 0 aliphatic carbocycles. The standard InChI is InChI=1S/C14H11F2NO4/c15-9-3-4-11(12(16)6-9)14(19)21-8-13(18)17-7-10-2-1-5-20-10/h1-6H,7-8H2,(H,17,18). The molecule has 0 saturated heterocycles. The fraction of sp³-hybridized carbons (Fsp3) is 0.143. The van der Waals surface area contributed by atoms with E-state index in [1.165, 1.54) is 6.26 Å². The van der Waals surface area contributed by atoms with Crippen LogP contribution < -0.4 is 5.32 Å². The molecule has 0 spiro atoms. The number of hydrogen-bond donors (Lipinski definition) is 1. The largest absolute Gasteiger partial charge is 0.467 e. The van der Waals surface area contributed by atoms with Gasteiger partial charge in [0.05, 0.1) is 18.4 Å². The Morgan fingerprint density at radius 3 is 2.71 bits per heavy atom. The Morgan fingerprint density at radius 2 is 2.05 bits per heavy atom. The number of nitrogens with one attached hydrogen (secondary N) is 1. The third-order valence-electron chi connectivity index (χ3n) is 2.53. The van der Waals surface area contributed by atoms with Gasteiger partial charge in [-0.05, 0) is 24.3 Å². The third-order valence-corrected chi connectivity index (χ3v) is 2.53. The van der Waals surface area contributed by atoms with E-state index in [1.807, 2.05) is 0 Å². The van der Waals surface area contributed by atoms with Gasteiger partial charge in [0, 0.05) is 6.07 Å². The zero-order valence-electron chi connectivity index (χ0n) is 10.8. The van der Waals surface area contributed by atoms with Crippen LogP contribution in [0.4, 0.5) is 8.78 Å². The molecule has 5 nitrogen and oxygen atoms in total. The van der Waals surface area contributed by atoms with E-state index in [4.69, 9.17) is 4.42 Å². The molecule has 7 heteroatoms. The predicted molar refractivity (Wildman–Crippen MR) is 67.2 cm³/mol. The Morgan fingerprint density at radius 1 is 1.24 bits per heavy atom. The average Bonchev–Trinajstić information content (AvgIpc) is 2.95. The quantitative estimate of drug-likeness (QED) is 0.857. The second kappa shape index (κ2) is 6.65. The molecule has 1 aromatic carbocycles. The lowest BCUT2D eigenvalue weighted by molar-refractivity contribution is -0.124. The minimum Gasteiger partial charge on any atom is -0.467 e. The second-order valence-corrected chi connectivity index (χ2v) is 4.06. The summed E-state index contributed by atoms with van der Waals surface area (Å²) in [6.45, 7) is -0.426. The number of carbonyl (C=O) groups is 2. The predicted octanol–water partition coefficient (Wildman–Crippen LogP) is 2.03. The smallest absolute Gasteiger partial charge is 0.341 e. The highest BCUT2D eigenvalue weighted by Crippen LogP contribution is 2.10. The minimum absolute atomic E-state index is 0.147. The van der Waals surface area contributed by atoms with E-state index in [-0.39, 0.29) is 6.54 Å². The summed E-state index contributed by atoms with van der Waals surface area (Å²) in [5, 5.41) is 2.45. The number of halogens is 2.